The lowest BCUT2D eigenvalue weighted by Gasteiger charge is -2.27. The highest BCUT2D eigenvalue weighted by Crippen LogP contribution is 2.20. The maximum Gasteiger partial charge on any atom is 0.220 e. The predicted octanol–water partition coefficient (Wildman–Crippen LogP) is -0.109. The molecule has 0 radical (unpaired) electrons. The zero-order valence-electron chi connectivity index (χ0n) is 16.3. The van der Waals surface area contributed by atoms with Crippen molar-refractivity contribution in [1.82, 2.24) is 5.32 Å². The first-order chi connectivity index (χ1) is 11.7. The summed E-state index contributed by atoms with van der Waals surface area (Å²) in [6, 6.07) is 0. The van der Waals surface area contributed by atoms with E-state index in [9.17, 15) is 4.79 Å². The molecule has 0 saturated heterocycles. The predicted molar refractivity (Wildman–Crippen MR) is 97.4 cm³/mol. The van der Waals surface area contributed by atoms with E-state index < -0.39 is 5.54 Å². The van der Waals surface area contributed by atoms with E-state index in [1.165, 1.54) is 0 Å². The average molecular weight is 363 g/mol. The van der Waals surface area contributed by atoms with Gasteiger partial charge < -0.3 is 35.7 Å². The fourth-order valence-electron chi connectivity index (χ4n) is 1.89. The zero-order chi connectivity index (χ0) is 19.2. The lowest BCUT2D eigenvalue weighted by atomic mass is 9.90. The van der Waals surface area contributed by atoms with Gasteiger partial charge in [0, 0.05) is 32.2 Å². The van der Waals surface area contributed by atoms with E-state index in [4.69, 9.17) is 30.4 Å². The summed E-state index contributed by atoms with van der Waals surface area (Å²) in [4.78, 5) is 12.0. The second kappa shape index (κ2) is 13.4. The Kier molecular flexibility index (Phi) is 13.0. The van der Waals surface area contributed by atoms with Crippen LogP contribution in [0.5, 0.6) is 0 Å². The van der Waals surface area contributed by atoms with Crippen molar-refractivity contribution in [3.8, 4) is 0 Å². The molecule has 8 heteroatoms. The molecular weight excluding hydrogens is 326 g/mol. The van der Waals surface area contributed by atoms with Crippen LogP contribution in [0.4, 0.5) is 0 Å². The van der Waals surface area contributed by atoms with Gasteiger partial charge in [-0.25, -0.2) is 0 Å². The molecule has 0 aromatic rings. The van der Waals surface area contributed by atoms with Crippen molar-refractivity contribution in [2.45, 2.75) is 32.7 Å². The number of rotatable bonds is 16. The Hall–Kier alpha value is -0.770. The van der Waals surface area contributed by atoms with Crippen molar-refractivity contribution < 1.29 is 23.7 Å². The second-order valence-electron chi connectivity index (χ2n) is 7.26. The van der Waals surface area contributed by atoms with Crippen molar-refractivity contribution in [2.75, 3.05) is 66.4 Å². The molecular formula is C17H37N3O5. The molecule has 0 heterocycles. The van der Waals surface area contributed by atoms with Crippen LogP contribution >= 0.6 is 0 Å². The molecule has 1 unspecified atom stereocenters. The van der Waals surface area contributed by atoms with Crippen LogP contribution in [0.3, 0.4) is 0 Å². The van der Waals surface area contributed by atoms with Gasteiger partial charge in [-0.2, -0.15) is 0 Å². The maximum absolute atomic E-state index is 12.0. The lowest BCUT2D eigenvalue weighted by molar-refractivity contribution is -0.124. The highest BCUT2D eigenvalue weighted by atomic mass is 16.5. The van der Waals surface area contributed by atoms with Crippen LogP contribution in [0.2, 0.25) is 0 Å². The highest BCUT2D eigenvalue weighted by molar-refractivity contribution is 5.76. The molecule has 0 rings (SSSR count). The normalized spacial score (nSPS) is 14.3. The molecule has 0 aliphatic heterocycles. The number of nitrogens with one attached hydrogen (secondary N) is 1. The number of nitrogens with two attached hydrogens (primary N) is 2. The molecule has 0 bridgehead atoms. The Morgan fingerprint density at radius 2 is 1.56 bits per heavy atom. The molecule has 5 N–H and O–H groups in total. The molecule has 0 aromatic carbocycles. The van der Waals surface area contributed by atoms with Gasteiger partial charge in [-0.15, -0.1) is 0 Å². The summed E-state index contributed by atoms with van der Waals surface area (Å²) in [5.74, 6) is -0.0251. The van der Waals surface area contributed by atoms with E-state index in [-0.39, 0.29) is 11.3 Å². The minimum Gasteiger partial charge on any atom is -0.382 e. The van der Waals surface area contributed by atoms with Crippen LogP contribution in [0, 0.1) is 5.41 Å². The van der Waals surface area contributed by atoms with Crippen LogP contribution in [0.15, 0.2) is 0 Å². The van der Waals surface area contributed by atoms with Crippen LogP contribution in [-0.2, 0) is 23.7 Å². The van der Waals surface area contributed by atoms with Gasteiger partial charge in [-0.1, -0.05) is 13.8 Å². The summed E-state index contributed by atoms with van der Waals surface area (Å²) < 4.78 is 21.1. The molecule has 25 heavy (non-hydrogen) atoms. The summed E-state index contributed by atoms with van der Waals surface area (Å²) in [5, 5.41) is 2.84. The van der Waals surface area contributed by atoms with Gasteiger partial charge in [0.25, 0.3) is 0 Å². The number of amides is 1. The fourth-order valence-corrected chi connectivity index (χ4v) is 1.89. The van der Waals surface area contributed by atoms with Crippen molar-refractivity contribution in [3.05, 3.63) is 0 Å². The number of hydrogen-bond acceptors (Lipinski definition) is 7. The van der Waals surface area contributed by atoms with E-state index in [1.54, 1.807) is 7.11 Å². The largest absolute Gasteiger partial charge is 0.382 e. The molecule has 0 aromatic heterocycles. The van der Waals surface area contributed by atoms with Crippen LogP contribution in [0.1, 0.15) is 27.2 Å². The van der Waals surface area contributed by atoms with Gasteiger partial charge in [0.2, 0.25) is 5.91 Å². The quantitative estimate of drug-likeness (QED) is 0.327. The number of carbonyl (C=O) groups is 1. The summed E-state index contributed by atoms with van der Waals surface area (Å²) >= 11 is 0. The Bertz CT molecular complexity index is 351. The fraction of sp³-hybridized carbons (Fsp3) is 0.941. The van der Waals surface area contributed by atoms with Crippen LogP contribution < -0.4 is 16.8 Å². The lowest BCUT2D eigenvalue weighted by Crippen LogP contribution is -2.48. The Labute approximate surface area is 151 Å². The minimum absolute atomic E-state index is 0.0251. The van der Waals surface area contributed by atoms with Gasteiger partial charge in [0.1, 0.15) is 0 Å². The van der Waals surface area contributed by atoms with Crippen molar-refractivity contribution in [1.29, 1.82) is 0 Å². The van der Waals surface area contributed by atoms with Crippen molar-refractivity contribution >= 4 is 5.91 Å². The van der Waals surface area contributed by atoms with Gasteiger partial charge in [-0.05, 0) is 12.3 Å². The Balaban J connectivity index is 3.69. The molecule has 150 valence electrons. The number of ether oxygens (including phenoxy) is 4. The average Bonchev–Trinajstić information content (AvgIpc) is 2.52. The third kappa shape index (κ3) is 15.2. The van der Waals surface area contributed by atoms with Crippen molar-refractivity contribution in [2.24, 2.45) is 16.9 Å². The van der Waals surface area contributed by atoms with E-state index in [2.05, 4.69) is 5.32 Å². The van der Waals surface area contributed by atoms with E-state index >= 15 is 0 Å². The first-order valence-electron chi connectivity index (χ1n) is 8.70. The number of methoxy groups -OCH3 is 1. The molecule has 0 aliphatic rings. The van der Waals surface area contributed by atoms with Gasteiger partial charge in [0.15, 0.2) is 0 Å². The molecule has 0 fully saturated rings. The molecule has 0 aliphatic carbocycles. The second-order valence-corrected chi connectivity index (χ2v) is 7.26. The molecule has 0 saturated carbocycles. The SMILES string of the molecule is COCCOCCOCCNC(=O)CC(C)(C)COCC(C)(N)CN. The summed E-state index contributed by atoms with van der Waals surface area (Å²) in [6.45, 7) is 10.1. The van der Waals surface area contributed by atoms with Gasteiger partial charge >= 0.3 is 0 Å². The Morgan fingerprint density at radius 1 is 0.960 bits per heavy atom. The molecule has 1 atom stereocenters. The third-order valence-corrected chi connectivity index (χ3v) is 3.40. The zero-order valence-corrected chi connectivity index (χ0v) is 16.3. The maximum atomic E-state index is 12.0. The highest BCUT2D eigenvalue weighted by Gasteiger charge is 2.24. The molecule has 0 spiro atoms. The first-order valence-corrected chi connectivity index (χ1v) is 8.70. The van der Waals surface area contributed by atoms with Crippen molar-refractivity contribution in [3.63, 3.8) is 0 Å². The van der Waals surface area contributed by atoms with Crippen LogP contribution in [-0.4, -0.2) is 77.9 Å². The summed E-state index contributed by atoms with van der Waals surface area (Å²) in [5.41, 5.74) is 10.7. The minimum atomic E-state index is -0.539. The van der Waals surface area contributed by atoms with E-state index in [0.717, 1.165) is 0 Å². The van der Waals surface area contributed by atoms with Gasteiger partial charge in [-0.3, -0.25) is 4.79 Å². The van der Waals surface area contributed by atoms with E-state index in [0.29, 0.717) is 65.8 Å². The topological polar surface area (TPSA) is 118 Å². The van der Waals surface area contributed by atoms with E-state index in [1.807, 2.05) is 20.8 Å². The summed E-state index contributed by atoms with van der Waals surface area (Å²) in [7, 11) is 1.63. The summed E-state index contributed by atoms with van der Waals surface area (Å²) in [6.07, 6.45) is 0.372. The monoisotopic (exact) mass is 363 g/mol. The first kappa shape index (κ1) is 24.2. The standard InChI is InChI=1S/C17H37N3O5/c1-16(2,13-25-14-17(3,19)12-18)11-15(21)20-5-6-23-9-10-24-8-7-22-4/h5-14,18-19H2,1-4H3,(H,20,21). The van der Waals surface area contributed by atoms with Gasteiger partial charge in [0.05, 0.1) is 46.2 Å². The molecule has 1 amide bonds. The number of carbonyl (C=O) groups excluding carboxylic acids is 1. The van der Waals surface area contributed by atoms with Crippen LogP contribution in [0.25, 0.3) is 0 Å². The Morgan fingerprint density at radius 3 is 2.16 bits per heavy atom. The third-order valence-electron chi connectivity index (χ3n) is 3.40. The molecule has 8 nitrogen and oxygen atoms in total. The number of hydrogen-bond donors (Lipinski definition) is 3. The smallest absolute Gasteiger partial charge is 0.220 e.